The van der Waals surface area contributed by atoms with E-state index >= 15 is 0 Å². The molecule has 0 bridgehead atoms. The Labute approximate surface area is 199 Å². The Balaban J connectivity index is 2.27. The molecule has 0 unspecified atom stereocenters. The third-order valence-corrected chi connectivity index (χ3v) is 6.09. The van der Waals surface area contributed by atoms with Crippen molar-refractivity contribution in [3.05, 3.63) is 46.7 Å². The van der Waals surface area contributed by atoms with Gasteiger partial charge in [-0.2, -0.15) is 15.8 Å². The van der Waals surface area contributed by atoms with Crippen LogP contribution in [0.3, 0.4) is 0 Å². The highest BCUT2D eigenvalue weighted by Gasteiger charge is 2.55. The summed E-state index contributed by atoms with van der Waals surface area (Å²) in [5.74, 6) is -0.508. The lowest BCUT2D eigenvalue weighted by Crippen LogP contribution is -2.50. The van der Waals surface area contributed by atoms with Gasteiger partial charge in [0, 0.05) is 30.5 Å². The van der Waals surface area contributed by atoms with Gasteiger partial charge in [0.05, 0.1) is 37.6 Å². The number of nitrogens with zero attached hydrogens (tertiary/aromatic N) is 4. The molecule has 0 saturated heterocycles. The Hall–Kier alpha value is -4.16. The Bertz CT molecular complexity index is 1180. The second-order valence-electron chi connectivity index (χ2n) is 9.17. The fourth-order valence-electron chi connectivity index (χ4n) is 4.58. The molecule has 1 aliphatic heterocycles. The molecule has 9 nitrogen and oxygen atoms in total. The van der Waals surface area contributed by atoms with Gasteiger partial charge in [0.15, 0.2) is 5.41 Å². The molecule has 0 spiro atoms. The molecular formula is C25H27N5O4. The topological polar surface area (TPSA) is 145 Å². The van der Waals surface area contributed by atoms with Crippen LogP contribution in [0.2, 0.25) is 0 Å². The van der Waals surface area contributed by atoms with E-state index in [9.17, 15) is 20.6 Å². The number of nitriles is 3. The van der Waals surface area contributed by atoms with Gasteiger partial charge in [0.1, 0.15) is 23.2 Å². The van der Waals surface area contributed by atoms with Crippen LogP contribution in [0, 0.1) is 45.3 Å². The van der Waals surface area contributed by atoms with Crippen molar-refractivity contribution in [3.8, 4) is 29.7 Å². The first-order chi connectivity index (χ1) is 16.1. The first-order valence-electron chi connectivity index (χ1n) is 10.7. The fraction of sp³-hybridized carbons (Fsp3) is 0.440. The third-order valence-electron chi connectivity index (χ3n) is 6.09. The van der Waals surface area contributed by atoms with E-state index in [1.54, 1.807) is 45.0 Å². The number of hydrogen-bond donors (Lipinski definition) is 1. The number of methoxy groups -OCH3 is 2. The van der Waals surface area contributed by atoms with E-state index in [-0.39, 0.29) is 24.4 Å². The van der Waals surface area contributed by atoms with E-state index in [1.807, 2.05) is 0 Å². The van der Waals surface area contributed by atoms with E-state index in [0.717, 1.165) is 0 Å². The SMILES string of the molecule is COc1ccc(OC)c([C@@H]2[C@@H]3CN(C(=O)OC(C)(C)C)CC=C3C(C#N)=C(N)C2(C#N)C#N)c1. The number of rotatable bonds is 3. The first kappa shape index (κ1) is 24.5. The Morgan fingerprint density at radius 2 is 1.85 bits per heavy atom. The molecule has 0 saturated carbocycles. The van der Waals surface area contributed by atoms with E-state index in [2.05, 4.69) is 18.2 Å². The largest absolute Gasteiger partial charge is 0.497 e. The summed E-state index contributed by atoms with van der Waals surface area (Å²) >= 11 is 0. The van der Waals surface area contributed by atoms with Crippen molar-refractivity contribution >= 4 is 6.09 Å². The van der Waals surface area contributed by atoms with Gasteiger partial charge in [-0.1, -0.05) is 6.08 Å². The Morgan fingerprint density at radius 3 is 2.38 bits per heavy atom. The molecule has 0 fully saturated rings. The van der Waals surface area contributed by atoms with Crippen molar-refractivity contribution in [3.63, 3.8) is 0 Å². The molecule has 0 aromatic heterocycles. The molecule has 0 radical (unpaired) electrons. The summed E-state index contributed by atoms with van der Waals surface area (Å²) in [6.07, 6.45) is 1.21. The van der Waals surface area contributed by atoms with E-state index in [0.29, 0.717) is 22.6 Å². The number of hydrogen-bond acceptors (Lipinski definition) is 8. The zero-order chi connectivity index (χ0) is 25.3. The average molecular weight is 462 g/mol. The average Bonchev–Trinajstić information content (AvgIpc) is 2.81. The zero-order valence-electron chi connectivity index (χ0n) is 19.9. The molecule has 1 heterocycles. The van der Waals surface area contributed by atoms with E-state index in [1.165, 1.54) is 19.1 Å². The quantitative estimate of drug-likeness (QED) is 0.721. The predicted octanol–water partition coefficient (Wildman–Crippen LogP) is 3.36. The van der Waals surface area contributed by atoms with Gasteiger partial charge in [-0.05, 0) is 44.5 Å². The number of amides is 1. The number of fused-ring (bicyclic) bond motifs is 1. The van der Waals surface area contributed by atoms with Crippen LogP contribution in [0.15, 0.2) is 41.1 Å². The van der Waals surface area contributed by atoms with Gasteiger partial charge in [-0.3, -0.25) is 0 Å². The van der Waals surface area contributed by atoms with E-state index in [4.69, 9.17) is 19.9 Å². The summed E-state index contributed by atoms with van der Waals surface area (Å²) in [6, 6.07) is 11.3. The number of allylic oxidation sites excluding steroid dienone is 2. The first-order valence-corrected chi connectivity index (χ1v) is 10.7. The van der Waals surface area contributed by atoms with E-state index < -0.39 is 28.9 Å². The van der Waals surface area contributed by atoms with Crippen LogP contribution in [-0.4, -0.2) is 43.9 Å². The van der Waals surface area contributed by atoms with Gasteiger partial charge in [0.25, 0.3) is 0 Å². The van der Waals surface area contributed by atoms with Crippen LogP contribution >= 0.6 is 0 Å². The molecule has 9 heteroatoms. The monoisotopic (exact) mass is 461 g/mol. The van der Waals surface area contributed by atoms with Crippen molar-refractivity contribution in [1.82, 2.24) is 4.90 Å². The third kappa shape index (κ3) is 4.00. The van der Waals surface area contributed by atoms with Gasteiger partial charge in [0.2, 0.25) is 0 Å². The molecule has 1 aromatic carbocycles. The number of nitrogens with two attached hydrogens (primary N) is 1. The van der Waals surface area contributed by atoms with Crippen molar-refractivity contribution in [1.29, 1.82) is 15.8 Å². The highest BCUT2D eigenvalue weighted by Crippen LogP contribution is 2.56. The maximum Gasteiger partial charge on any atom is 0.410 e. The number of carbonyl (C=O) groups excluding carboxylic acids is 1. The summed E-state index contributed by atoms with van der Waals surface area (Å²) in [7, 11) is 2.99. The minimum atomic E-state index is -1.87. The van der Waals surface area contributed by atoms with Gasteiger partial charge in [-0.25, -0.2) is 4.79 Å². The van der Waals surface area contributed by atoms with Crippen molar-refractivity contribution in [2.45, 2.75) is 32.3 Å². The summed E-state index contributed by atoms with van der Waals surface area (Å²) in [5, 5.41) is 30.4. The molecule has 2 aliphatic rings. The smallest absolute Gasteiger partial charge is 0.410 e. The zero-order valence-corrected chi connectivity index (χ0v) is 19.9. The number of benzene rings is 1. The predicted molar refractivity (Wildman–Crippen MR) is 122 cm³/mol. The van der Waals surface area contributed by atoms with Crippen LogP contribution in [0.5, 0.6) is 11.5 Å². The minimum absolute atomic E-state index is 0.0926. The number of carbonyl (C=O) groups is 1. The lowest BCUT2D eigenvalue weighted by molar-refractivity contribution is 0.0224. The highest BCUT2D eigenvalue weighted by atomic mass is 16.6. The molecule has 2 atom stereocenters. The molecular weight excluding hydrogens is 434 g/mol. The van der Waals surface area contributed by atoms with Crippen molar-refractivity contribution < 1.29 is 19.0 Å². The summed E-state index contributed by atoms with van der Waals surface area (Å²) in [4.78, 5) is 14.4. The second kappa shape index (κ2) is 9.00. The molecule has 176 valence electrons. The Morgan fingerprint density at radius 1 is 1.18 bits per heavy atom. The van der Waals surface area contributed by atoms with Gasteiger partial charge >= 0.3 is 6.09 Å². The summed E-state index contributed by atoms with van der Waals surface area (Å²) in [5.41, 5.74) is 4.88. The normalized spacial score (nSPS) is 21.2. The molecule has 1 aliphatic carbocycles. The van der Waals surface area contributed by atoms with Crippen LogP contribution in [0.25, 0.3) is 0 Å². The van der Waals surface area contributed by atoms with Crippen molar-refractivity contribution in [2.24, 2.45) is 17.1 Å². The number of ether oxygens (including phenoxy) is 3. The molecule has 3 rings (SSSR count). The minimum Gasteiger partial charge on any atom is -0.497 e. The molecule has 2 N–H and O–H groups in total. The van der Waals surface area contributed by atoms with Gasteiger partial charge < -0.3 is 24.8 Å². The van der Waals surface area contributed by atoms with Gasteiger partial charge in [-0.15, -0.1) is 0 Å². The van der Waals surface area contributed by atoms with Crippen LogP contribution < -0.4 is 15.2 Å². The molecule has 1 aromatic rings. The van der Waals surface area contributed by atoms with Crippen LogP contribution in [0.4, 0.5) is 4.79 Å². The molecule has 34 heavy (non-hydrogen) atoms. The highest BCUT2D eigenvalue weighted by molar-refractivity contribution is 5.70. The van der Waals surface area contributed by atoms with Crippen molar-refractivity contribution in [2.75, 3.05) is 27.3 Å². The lowest BCUT2D eigenvalue weighted by atomic mass is 9.58. The summed E-state index contributed by atoms with van der Waals surface area (Å²) < 4.78 is 16.5. The lowest BCUT2D eigenvalue weighted by Gasteiger charge is -2.45. The summed E-state index contributed by atoms with van der Waals surface area (Å²) in [6.45, 7) is 5.64. The van der Waals surface area contributed by atoms with Crippen LogP contribution in [0.1, 0.15) is 32.3 Å². The molecule has 1 amide bonds. The maximum atomic E-state index is 12.9. The fourth-order valence-corrected chi connectivity index (χ4v) is 4.58. The standard InChI is InChI=1S/C25H27N5O4/c1-24(2,3)34-23(31)30-9-8-16-18(11-26)22(29)25(13-27,14-28)21(19(16)12-30)17-10-15(32-4)6-7-20(17)33-5/h6-8,10,19,21H,9,12,29H2,1-5H3/t19-,21-/m1/s1. The Kier molecular flexibility index (Phi) is 6.48. The second-order valence-corrected chi connectivity index (χ2v) is 9.17. The van der Waals surface area contributed by atoms with Crippen LogP contribution in [-0.2, 0) is 4.74 Å². The maximum absolute atomic E-state index is 12.9.